The second-order valence-corrected chi connectivity index (χ2v) is 11.9. The van der Waals surface area contributed by atoms with Gasteiger partial charge in [-0.2, -0.15) is 0 Å². The number of piperazine rings is 1. The van der Waals surface area contributed by atoms with Crippen molar-refractivity contribution in [2.75, 3.05) is 38.0 Å². The summed E-state index contributed by atoms with van der Waals surface area (Å²) < 4.78 is 2.11. The molecule has 0 unspecified atom stereocenters. The van der Waals surface area contributed by atoms with Crippen LogP contribution >= 0.6 is 11.6 Å². The second kappa shape index (κ2) is 11.5. The van der Waals surface area contributed by atoms with Crippen LogP contribution in [0.25, 0.3) is 10.9 Å². The number of hydrogen-bond acceptors (Lipinski definition) is 3. The number of nitrogens with zero attached hydrogens (tertiary/aromatic N) is 3. The van der Waals surface area contributed by atoms with Crippen LogP contribution in [0.1, 0.15) is 59.7 Å². The van der Waals surface area contributed by atoms with Crippen LogP contribution in [-0.4, -0.2) is 58.9 Å². The van der Waals surface area contributed by atoms with Gasteiger partial charge in [0.2, 0.25) is 0 Å². The number of anilines is 1. The molecule has 6 nitrogen and oxygen atoms in total. The fraction of sp³-hybridized carbons (Fsp3) is 0.333. The van der Waals surface area contributed by atoms with Gasteiger partial charge < -0.3 is 19.7 Å². The summed E-state index contributed by atoms with van der Waals surface area (Å²) in [6.45, 7) is 13.5. The van der Waals surface area contributed by atoms with Gasteiger partial charge in [0.05, 0.1) is 10.6 Å². The smallest absolute Gasteiger partial charge is 0.270 e. The summed E-state index contributed by atoms with van der Waals surface area (Å²) in [5.41, 5.74) is 5.16. The molecule has 1 aromatic heterocycles. The van der Waals surface area contributed by atoms with Crippen molar-refractivity contribution in [2.24, 2.45) is 0 Å². The van der Waals surface area contributed by atoms with E-state index in [2.05, 4.69) is 66.7 Å². The Balaban J connectivity index is 1.48. The van der Waals surface area contributed by atoms with Crippen LogP contribution < -0.4 is 5.32 Å². The lowest BCUT2D eigenvalue weighted by Crippen LogP contribution is -2.48. The Morgan fingerprint density at radius 3 is 2.25 bits per heavy atom. The van der Waals surface area contributed by atoms with Crippen LogP contribution in [-0.2, 0) is 12.0 Å². The fourth-order valence-corrected chi connectivity index (χ4v) is 5.48. The Bertz CT molecular complexity index is 1530. The molecule has 0 bridgehead atoms. The minimum atomic E-state index is -0.270. The normalized spacial score (nSPS) is 14.5. The van der Waals surface area contributed by atoms with Crippen molar-refractivity contribution in [1.29, 1.82) is 0 Å². The van der Waals surface area contributed by atoms with Crippen molar-refractivity contribution < 1.29 is 9.59 Å². The summed E-state index contributed by atoms with van der Waals surface area (Å²) in [5, 5.41) is 4.27. The van der Waals surface area contributed by atoms with Gasteiger partial charge in [-0.05, 0) is 59.5 Å². The number of carbonyl (C=O) groups is 2. The molecule has 1 N–H and O–H groups in total. The van der Waals surface area contributed by atoms with Crippen LogP contribution in [0.5, 0.6) is 0 Å². The number of aromatic nitrogens is 1. The van der Waals surface area contributed by atoms with E-state index in [9.17, 15) is 9.59 Å². The van der Waals surface area contributed by atoms with E-state index in [0.29, 0.717) is 41.6 Å². The molecule has 0 spiro atoms. The SMILES string of the molecule is CCN1CCN(C(=O)c2cc3cc(NC(=O)c4ccccc4Cl)ccc3n2Cc2ccc(C(C)(C)C)cc2)CC1. The first kappa shape index (κ1) is 27.9. The molecule has 40 heavy (non-hydrogen) atoms. The largest absolute Gasteiger partial charge is 0.335 e. The van der Waals surface area contributed by atoms with E-state index < -0.39 is 0 Å². The topological polar surface area (TPSA) is 57.6 Å². The van der Waals surface area contributed by atoms with E-state index in [1.54, 1.807) is 24.3 Å². The van der Waals surface area contributed by atoms with Crippen LogP contribution in [0.4, 0.5) is 5.69 Å². The molecule has 3 aromatic carbocycles. The molecule has 0 saturated carbocycles. The Morgan fingerprint density at radius 1 is 0.900 bits per heavy atom. The van der Waals surface area contributed by atoms with Crippen LogP contribution in [0.2, 0.25) is 5.02 Å². The molecule has 0 atom stereocenters. The summed E-state index contributed by atoms with van der Waals surface area (Å²) in [7, 11) is 0. The van der Waals surface area contributed by atoms with Gasteiger partial charge in [0.1, 0.15) is 5.69 Å². The van der Waals surface area contributed by atoms with Gasteiger partial charge in [-0.3, -0.25) is 9.59 Å². The molecule has 1 fully saturated rings. The molecule has 208 valence electrons. The van der Waals surface area contributed by atoms with Gasteiger partial charge in [-0.15, -0.1) is 0 Å². The number of likely N-dealkylation sites (N-methyl/N-ethyl adjacent to an activating group) is 1. The maximum absolute atomic E-state index is 13.8. The van der Waals surface area contributed by atoms with Gasteiger partial charge in [0.15, 0.2) is 0 Å². The summed E-state index contributed by atoms with van der Waals surface area (Å²) in [5.74, 6) is -0.228. The average molecular weight is 557 g/mol. The third-order valence-corrected chi connectivity index (χ3v) is 8.09. The second-order valence-electron chi connectivity index (χ2n) is 11.5. The molecule has 1 saturated heterocycles. The van der Waals surface area contributed by atoms with Gasteiger partial charge in [-0.1, -0.05) is 75.7 Å². The molecule has 1 aliphatic heterocycles. The minimum absolute atomic E-state index is 0.0416. The van der Waals surface area contributed by atoms with E-state index >= 15 is 0 Å². The van der Waals surface area contributed by atoms with Crippen LogP contribution in [0.3, 0.4) is 0 Å². The van der Waals surface area contributed by atoms with Crippen molar-refractivity contribution in [3.8, 4) is 0 Å². The number of amides is 2. The minimum Gasteiger partial charge on any atom is -0.335 e. The monoisotopic (exact) mass is 556 g/mol. The average Bonchev–Trinajstić information content (AvgIpc) is 3.30. The van der Waals surface area contributed by atoms with E-state index in [0.717, 1.165) is 36.1 Å². The molecular formula is C33H37ClN4O2. The number of nitrogens with one attached hydrogen (secondary N) is 1. The lowest BCUT2D eigenvalue weighted by atomic mass is 9.87. The zero-order valence-electron chi connectivity index (χ0n) is 23.7. The van der Waals surface area contributed by atoms with Crippen molar-refractivity contribution >= 4 is 40.0 Å². The number of halogens is 1. The molecule has 2 amide bonds. The van der Waals surface area contributed by atoms with E-state index in [1.165, 1.54) is 5.56 Å². The molecule has 0 aliphatic carbocycles. The third kappa shape index (κ3) is 5.93. The lowest BCUT2D eigenvalue weighted by Gasteiger charge is -2.34. The summed E-state index contributed by atoms with van der Waals surface area (Å²) in [6, 6.07) is 23.4. The number of rotatable bonds is 6. The first-order valence-electron chi connectivity index (χ1n) is 13.9. The quantitative estimate of drug-likeness (QED) is 0.288. The standard InChI is InChI=1S/C33H37ClN4O2/c1-5-36-16-18-37(19-17-36)32(40)30-21-24-20-26(35-31(39)27-8-6-7-9-28(27)34)14-15-29(24)38(30)22-23-10-12-25(13-11-23)33(2,3)4/h6-15,20-21H,5,16-19,22H2,1-4H3,(H,35,39). The lowest BCUT2D eigenvalue weighted by molar-refractivity contribution is 0.0633. The number of benzene rings is 3. The maximum atomic E-state index is 13.8. The van der Waals surface area contributed by atoms with Crippen molar-refractivity contribution in [3.05, 3.63) is 100 Å². The Labute approximate surface area is 241 Å². The first-order valence-corrected chi connectivity index (χ1v) is 14.3. The fourth-order valence-electron chi connectivity index (χ4n) is 5.26. The molecule has 7 heteroatoms. The van der Waals surface area contributed by atoms with Gasteiger partial charge in [0.25, 0.3) is 11.8 Å². The Hall–Kier alpha value is -3.61. The molecule has 5 rings (SSSR count). The highest BCUT2D eigenvalue weighted by atomic mass is 35.5. The predicted octanol–water partition coefficient (Wildman–Crippen LogP) is 6.67. The summed E-state index contributed by atoms with van der Waals surface area (Å²) in [6.07, 6.45) is 0. The first-order chi connectivity index (χ1) is 19.1. The van der Waals surface area contributed by atoms with E-state index in [4.69, 9.17) is 11.6 Å². The van der Waals surface area contributed by atoms with Crippen molar-refractivity contribution in [3.63, 3.8) is 0 Å². The number of hydrogen-bond donors (Lipinski definition) is 1. The highest BCUT2D eigenvalue weighted by molar-refractivity contribution is 6.34. The highest BCUT2D eigenvalue weighted by Crippen LogP contribution is 2.28. The summed E-state index contributed by atoms with van der Waals surface area (Å²) in [4.78, 5) is 31.1. The van der Waals surface area contributed by atoms with Crippen LogP contribution in [0, 0.1) is 0 Å². The van der Waals surface area contributed by atoms with Crippen molar-refractivity contribution in [1.82, 2.24) is 14.4 Å². The predicted molar refractivity (Wildman–Crippen MR) is 164 cm³/mol. The van der Waals surface area contributed by atoms with Gasteiger partial charge in [-0.25, -0.2) is 0 Å². The third-order valence-electron chi connectivity index (χ3n) is 7.76. The zero-order chi connectivity index (χ0) is 28.4. The Kier molecular flexibility index (Phi) is 8.02. The number of fused-ring (bicyclic) bond motifs is 1. The van der Waals surface area contributed by atoms with E-state index in [-0.39, 0.29) is 17.2 Å². The highest BCUT2D eigenvalue weighted by Gasteiger charge is 2.25. The molecule has 4 aromatic rings. The molecule has 0 radical (unpaired) electrons. The summed E-state index contributed by atoms with van der Waals surface area (Å²) >= 11 is 6.23. The van der Waals surface area contributed by atoms with Gasteiger partial charge in [0, 0.05) is 49.3 Å². The van der Waals surface area contributed by atoms with Crippen LogP contribution in [0.15, 0.2) is 72.8 Å². The van der Waals surface area contributed by atoms with Crippen molar-refractivity contribution in [2.45, 2.75) is 39.7 Å². The maximum Gasteiger partial charge on any atom is 0.270 e. The number of carbonyl (C=O) groups excluding carboxylic acids is 2. The van der Waals surface area contributed by atoms with E-state index in [1.807, 2.05) is 29.2 Å². The molecule has 2 heterocycles. The van der Waals surface area contributed by atoms with Gasteiger partial charge >= 0.3 is 0 Å². The Morgan fingerprint density at radius 2 is 1.60 bits per heavy atom. The molecular weight excluding hydrogens is 520 g/mol. The zero-order valence-corrected chi connectivity index (χ0v) is 24.5. The molecule has 1 aliphatic rings.